The Hall–Kier alpha value is -1.97. The molecule has 1 aromatic carbocycles. The average molecular weight is 288 g/mol. The van der Waals surface area contributed by atoms with Crippen LogP contribution < -0.4 is 10.1 Å². The van der Waals surface area contributed by atoms with E-state index in [1.807, 2.05) is 35.0 Å². The molecule has 0 radical (unpaired) electrons. The van der Waals surface area contributed by atoms with Crippen LogP contribution in [0.2, 0.25) is 0 Å². The van der Waals surface area contributed by atoms with Gasteiger partial charge in [0.25, 0.3) is 0 Å². The molecule has 2 aromatic rings. The summed E-state index contributed by atoms with van der Waals surface area (Å²) in [6, 6.07) is 7.98. The molecule has 0 saturated carbocycles. The van der Waals surface area contributed by atoms with Crippen LogP contribution in [-0.2, 0) is 11.3 Å². The number of ether oxygens (including phenoxy) is 1. The number of carbonyl (C=O) groups is 1. The molecule has 1 aromatic heterocycles. The molecule has 1 amide bonds. The molecule has 0 unspecified atom stereocenters. The van der Waals surface area contributed by atoms with Gasteiger partial charge in [0, 0.05) is 18.1 Å². The highest BCUT2D eigenvalue weighted by Gasteiger charge is 2.09. The van der Waals surface area contributed by atoms with Crippen molar-refractivity contribution in [3.05, 3.63) is 30.5 Å². The zero-order valence-corrected chi connectivity index (χ0v) is 12.9. The molecule has 21 heavy (non-hydrogen) atoms. The van der Waals surface area contributed by atoms with Gasteiger partial charge in [0.05, 0.1) is 12.1 Å². The molecule has 0 aliphatic heterocycles. The Kier molecular flexibility index (Phi) is 5.67. The number of nitrogens with one attached hydrogen (secondary N) is 1. The molecule has 0 fully saturated rings. The molecule has 0 spiro atoms. The van der Waals surface area contributed by atoms with Crippen LogP contribution in [0.15, 0.2) is 30.5 Å². The fourth-order valence-corrected chi connectivity index (χ4v) is 2.29. The van der Waals surface area contributed by atoms with E-state index in [4.69, 9.17) is 4.74 Å². The molecule has 2 rings (SSSR count). The summed E-state index contributed by atoms with van der Waals surface area (Å²) in [5.41, 5.74) is 1.04. The Morgan fingerprint density at radius 3 is 2.86 bits per heavy atom. The second-order valence-electron chi connectivity index (χ2n) is 5.18. The lowest BCUT2D eigenvalue weighted by Gasteiger charge is -2.09. The molecule has 1 N–H and O–H groups in total. The lowest BCUT2D eigenvalue weighted by atomic mass is 10.2. The summed E-state index contributed by atoms with van der Waals surface area (Å²) < 4.78 is 7.72. The highest BCUT2D eigenvalue weighted by molar-refractivity contribution is 5.88. The number of hydrogen-bond donors (Lipinski definition) is 1. The predicted molar refractivity (Wildman–Crippen MR) is 85.6 cm³/mol. The van der Waals surface area contributed by atoms with Crippen LogP contribution in [0, 0.1) is 0 Å². The lowest BCUT2D eigenvalue weighted by Crippen LogP contribution is -2.28. The van der Waals surface area contributed by atoms with Gasteiger partial charge in [-0.05, 0) is 31.0 Å². The Morgan fingerprint density at radius 2 is 2.10 bits per heavy atom. The largest absolute Gasteiger partial charge is 0.493 e. The van der Waals surface area contributed by atoms with Crippen molar-refractivity contribution in [1.29, 1.82) is 0 Å². The molecular weight excluding hydrogens is 264 g/mol. The van der Waals surface area contributed by atoms with Gasteiger partial charge < -0.3 is 14.6 Å². The SMILES string of the molecule is CCCCNC(=O)Cn1ccc2c(OCCC)cccc21. The number of benzene rings is 1. The van der Waals surface area contributed by atoms with Gasteiger partial charge in [-0.1, -0.05) is 26.3 Å². The minimum absolute atomic E-state index is 0.0563. The van der Waals surface area contributed by atoms with E-state index in [2.05, 4.69) is 19.2 Å². The van der Waals surface area contributed by atoms with Gasteiger partial charge in [0.2, 0.25) is 5.91 Å². The molecule has 4 heteroatoms. The standard InChI is InChI=1S/C17H24N2O2/c1-3-5-10-18-17(20)13-19-11-9-14-15(19)7-6-8-16(14)21-12-4-2/h6-9,11H,3-5,10,12-13H2,1-2H3,(H,18,20). The Labute approximate surface area is 126 Å². The van der Waals surface area contributed by atoms with Gasteiger partial charge in [-0.3, -0.25) is 4.79 Å². The van der Waals surface area contributed by atoms with Gasteiger partial charge in [-0.15, -0.1) is 0 Å². The first-order valence-electron chi connectivity index (χ1n) is 7.73. The van der Waals surface area contributed by atoms with Crippen LogP contribution in [-0.4, -0.2) is 23.6 Å². The highest BCUT2D eigenvalue weighted by Crippen LogP contribution is 2.26. The van der Waals surface area contributed by atoms with Crippen molar-refractivity contribution < 1.29 is 9.53 Å². The first-order valence-corrected chi connectivity index (χ1v) is 7.73. The number of hydrogen-bond acceptors (Lipinski definition) is 2. The molecule has 0 bridgehead atoms. The van der Waals surface area contributed by atoms with E-state index >= 15 is 0 Å². The van der Waals surface area contributed by atoms with E-state index in [-0.39, 0.29) is 5.91 Å². The summed E-state index contributed by atoms with van der Waals surface area (Å²) in [6.07, 6.45) is 5.04. The highest BCUT2D eigenvalue weighted by atomic mass is 16.5. The average Bonchev–Trinajstić information content (AvgIpc) is 2.89. The topological polar surface area (TPSA) is 43.3 Å². The van der Waals surface area contributed by atoms with Gasteiger partial charge in [-0.2, -0.15) is 0 Å². The van der Waals surface area contributed by atoms with Crippen LogP contribution in [0.4, 0.5) is 0 Å². The number of aromatic nitrogens is 1. The predicted octanol–water partition coefficient (Wildman–Crippen LogP) is 3.35. The summed E-state index contributed by atoms with van der Waals surface area (Å²) >= 11 is 0. The monoisotopic (exact) mass is 288 g/mol. The molecule has 1 heterocycles. The second-order valence-corrected chi connectivity index (χ2v) is 5.18. The molecule has 114 valence electrons. The van der Waals surface area contributed by atoms with Crippen LogP contribution >= 0.6 is 0 Å². The third kappa shape index (κ3) is 4.00. The third-order valence-electron chi connectivity index (χ3n) is 3.40. The molecule has 0 aliphatic carbocycles. The first kappa shape index (κ1) is 15.4. The van der Waals surface area contributed by atoms with Crippen molar-refractivity contribution >= 4 is 16.8 Å². The van der Waals surface area contributed by atoms with Gasteiger partial charge in [-0.25, -0.2) is 0 Å². The minimum atomic E-state index is 0.0563. The van der Waals surface area contributed by atoms with Gasteiger partial charge in [0.1, 0.15) is 12.3 Å². The van der Waals surface area contributed by atoms with Gasteiger partial charge >= 0.3 is 0 Å². The zero-order chi connectivity index (χ0) is 15.1. The van der Waals surface area contributed by atoms with E-state index in [0.717, 1.165) is 42.5 Å². The second kappa shape index (κ2) is 7.72. The van der Waals surface area contributed by atoms with Crippen molar-refractivity contribution in [3.63, 3.8) is 0 Å². The number of rotatable bonds is 8. The van der Waals surface area contributed by atoms with E-state index in [0.29, 0.717) is 13.2 Å². The van der Waals surface area contributed by atoms with Crippen LogP contribution in [0.3, 0.4) is 0 Å². The Bertz CT molecular complexity index is 589. The fourth-order valence-electron chi connectivity index (χ4n) is 2.29. The molecule has 4 nitrogen and oxygen atoms in total. The third-order valence-corrected chi connectivity index (χ3v) is 3.40. The van der Waals surface area contributed by atoms with Crippen molar-refractivity contribution in [2.45, 2.75) is 39.7 Å². The summed E-state index contributed by atoms with van der Waals surface area (Å²) in [5.74, 6) is 0.945. The normalized spacial score (nSPS) is 10.8. The maximum atomic E-state index is 11.9. The fraction of sp³-hybridized carbons (Fsp3) is 0.471. The molecule has 0 aliphatic rings. The number of amides is 1. The van der Waals surface area contributed by atoms with Crippen molar-refractivity contribution in [3.8, 4) is 5.75 Å². The van der Waals surface area contributed by atoms with Crippen LogP contribution in [0.1, 0.15) is 33.1 Å². The zero-order valence-electron chi connectivity index (χ0n) is 12.9. The minimum Gasteiger partial charge on any atom is -0.493 e. The number of unbranched alkanes of at least 4 members (excludes halogenated alkanes) is 1. The van der Waals surface area contributed by atoms with E-state index in [1.54, 1.807) is 0 Å². The number of carbonyl (C=O) groups excluding carboxylic acids is 1. The maximum absolute atomic E-state index is 11.9. The van der Waals surface area contributed by atoms with Crippen molar-refractivity contribution in [1.82, 2.24) is 9.88 Å². The molecule has 0 atom stereocenters. The van der Waals surface area contributed by atoms with Crippen LogP contribution in [0.25, 0.3) is 10.9 Å². The smallest absolute Gasteiger partial charge is 0.239 e. The summed E-state index contributed by atoms with van der Waals surface area (Å²) in [5, 5.41) is 4.01. The molecule has 0 saturated heterocycles. The first-order chi connectivity index (χ1) is 10.3. The van der Waals surface area contributed by atoms with Gasteiger partial charge in [0.15, 0.2) is 0 Å². The molecular formula is C17H24N2O2. The summed E-state index contributed by atoms with van der Waals surface area (Å²) in [6.45, 7) is 6.01. The van der Waals surface area contributed by atoms with Crippen molar-refractivity contribution in [2.24, 2.45) is 0 Å². The van der Waals surface area contributed by atoms with Crippen molar-refractivity contribution in [2.75, 3.05) is 13.2 Å². The lowest BCUT2D eigenvalue weighted by molar-refractivity contribution is -0.121. The number of nitrogens with zero attached hydrogens (tertiary/aromatic N) is 1. The van der Waals surface area contributed by atoms with Crippen LogP contribution in [0.5, 0.6) is 5.75 Å². The summed E-state index contributed by atoms with van der Waals surface area (Å²) in [4.78, 5) is 11.9. The quantitative estimate of drug-likeness (QED) is 0.757. The van der Waals surface area contributed by atoms with E-state index in [1.165, 1.54) is 0 Å². The maximum Gasteiger partial charge on any atom is 0.239 e. The Balaban J connectivity index is 2.09. The van der Waals surface area contributed by atoms with E-state index in [9.17, 15) is 4.79 Å². The summed E-state index contributed by atoms with van der Waals surface area (Å²) in [7, 11) is 0. The number of fused-ring (bicyclic) bond motifs is 1. The Morgan fingerprint density at radius 1 is 1.24 bits per heavy atom. The van der Waals surface area contributed by atoms with E-state index < -0.39 is 0 Å².